The lowest BCUT2D eigenvalue weighted by atomic mass is 9.83. The summed E-state index contributed by atoms with van der Waals surface area (Å²) in [7, 11) is -3.59. The Labute approximate surface area is 150 Å². The molecule has 7 heteroatoms. The fourth-order valence-corrected chi connectivity index (χ4v) is 4.51. The highest BCUT2D eigenvalue weighted by Crippen LogP contribution is 2.26. The van der Waals surface area contributed by atoms with E-state index in [2.05, 4.69) is 10.0 Å². The maximum absolute atomic E-state index is 12.7. The van der Waals surface area contributed by atoms with Crippen LogP contribution in [0, 0.1) is 12.8 Å². The number of hydrogen-bond acceptors (Lipinski definition) is 4. The van der Waals surface area contributed by atoms with Crippen molar-refractivity contribution in [2.75, 3.05) is 13.1 Å². The molecule has 1 amide bonds. The Bertz CT molecular complexity index is 698. The Hall–Kier alpha value is -1.44. The van der Waals surface area contributed by atoms with E-state index in [1.807, 2.05) is 0 Å². The lowest BCUT2D eigenvalue weighted by Gasteiger charge is -2.30. The first-order chi connectivity index (χ1) is 11.9. The number of nitrogens with one attached hydrogen (secondary N) is 2. The highest BCUT2D eigenvalue weighted by Gasteiger charge is 2.25. The topological polar surface area (TPSA) is 101 Å². The number of amides is 1. The van der Waals surface area contributed by atoms with Crippen molar-refractivity contribution < 1.29 is 13.2 Å². The van der Waals surface area contributed by atoms with Crippen molar-refractivity contribution in [3.63, 3.8) is 0 Å². The van der Waals surface area contributed by atoms with Gasteiger partial charge in [-0.3, -0.25) is 4.79 Å². The first kappa shape index (κ1) is 19.9. The highest BCUT2D eigenvalue weighted by atomic mass is 32.2. The van der Waals surface area contributed by atoms with Gasteiger partial charge in [0.1, 0.15) is 0 Å². The number of nitrogens with two attached hydrogens (primary N) is 1. The Balaban J connectivity index is 2.20. The predicted molar refractivity (Wildman–Crippen MR) is 98.9 cm³/mol. The van der Waals surface area contributed by atoms with Gasteiger partial charge in [0, 0.05) is 24.7 Å². The van der Waals surface area contributed by atoms with Crippen LogP contribution in [0.15, 0.2) is 23.1 Å². The normalized spacial score (nSPS) is 17.2. The third kappa shape index (κ3) is 5.03. The molecule has 1 aliphatic carbocycles. The smallest absolute Gasteiger partial charge is 0.251 e. The van der Waals surface area contributed by atoms with Gasteiger partial charge in [0.25, 0.3) is 5.91 Å². The molecule has 1 aliphatic rings. The van der Waals surface area contributed by atoms with Gasteiger partial charge < -0.3 is 11.1 Å². The van der Waals surface area contributed by atoms with Crippen LogP contribution in [0.25, 0.3) is 0 Å². The van der Waals surface area contributed by atoms with E-state index in [0.29, 0.717) is 24.6 Å². The first-order valence-corrected chi connectivity index (χ1v) is 10.5. The summed E-state index contributed by atoms with van der Waals surface area (Å²) in [6.07, 6.45) is 5.75. The van der Waals surface area contributed by atoms with Crippen molar-refractivity contribution in [2.24, 2.45) is 11.7 Å². The third-order valence-corrected chi connectivity index (χ3v) is 6.43. The number of carbonyl (C=O) groups excluding carboxylic acids is 1. The molecule has 0 heterocycles. The fraction of sp³-hybridized carbons (Fsp3) is 0.611. The van der Waals surface area contributed by atoms with Crippen LogP contribution in [0.2, 0.25) is 0 Å². The van der Waals surface area contributed by atoms with Gasteiger partial charge >= 0.3 is 0 Å². The van der Waals surface area contributed by atoms with E-state index in [1.54, 1.807) is 19.9 Å². The van der Waals surface area contributed by atoms with Crippen molar-refractivity contribution in [2.45, 2.75) is 56.9 Å². The molecule has 0 bridgehead atoms. The average molecular weight is 368 g/mol. The Morgan fingerprint density at radius 1 is 1.28 bits per heavy atom. The molecule has 2 rings (SSSR count). The van der Waals surface area contributed by atoms with Crippen molar-refractivity contribution in [1.82, 2.24) is 10.0 Å². The SMILES string of the molecule is CCNS(=O)(=O)c1ccc(C)c(C(=O)NC(CN)C2CCCCC2)c1. The standard InChI is InChI=1S/C18H29N3O3S/c1-3-20-25(23,24)15-10-9-13(2)16(11-15)18(22)21-17(12-19)14-7-5-4-6-8-14/h9-11,14,17,20H,3-8,12,19H2,1-2H3,(H,21,22). The van der Waals surface area contributed by atoms with Crippen LogP contribution >= 0.6 is 0 Å². The molecule has 1 unspecified atom stereocenters. The van der Waals surface area contributed by atoms with E-state index < -0.39 is 10.0 Å². The molecule has 0 spiro atoms. The predicted octanol–water partition coefficient (Wildman–Crippen LogP) is 1.93. The van der Waals surface area contributed by atoms with E-state index in [9.17, 15) is 13.2 Å². The summed E-state index contributed by atoms with van der Waals surface area (Å²) in [5.41, 5.74) is 7.01. The maximum atomic E-state index is 12.7. The molecule has 1 fully saturated rings. The van der Waals surface area contributed by atoms with Gasteiger partial charge in [-0.05, 0) is 43.4 Å². The van der Waals surface area contributed by atoms with E-state index in [0.717, 1.165) is 18.4 Å². The molecule has 4 N–H and O–H groups in total. The quantitative estimate of drug-likeness (QED) is 0.685. The minimum Gasteiger partial charge on any atom is -0.348 e. The van der Waals surface area contributed by atoms with Crippen molar-refractivity contribution in [1.29, 1.82) is 0 Å². The van der Waals surface area contributed by atoms with Crippen molar-refractivity contribution >= 4 is 15.9 Å². The molecule has 140 valence electrons. The second-order valence-corrected chi connectivity index (χ2v) is 8.46. The number of rotatable bonds is 7. The highest BCUT2D eigenvalue weighted by molar-refractivity contribution is 7.89. The van der Waals surface area contributed by atoms with Crippen molar-refractivity contribution in [3.8, 4) is 0 Å². The number of sulfonamides is 1. The first-order valence-electron chi connectivity index (χ1n) is 9.00. The van der Waals surface area contributed by atoms with E-state index in [4.69, 9.17) is 5.73 Å². The summed E-state index contributed by atoms with van der Waals surface area (Å²) in [4.78, 5) is 12.8. The van der Waals surface area contributed by atoms with Gasteiger partial charge in [-0.15, -0.1) is 0 Å². The summed E-state index contributed by atoms with van der Waals surface area (Å²) in [6, 6.07) is 4.56. The molecular weight excluding hydrogens is 338 g/mol. The second-order valence-electron chi connectivity index (χ2n) is 6.69. The van der Waals surface area contributed by atoms with Gasteiger partial charge in [0.05, 0.1) is 4.90 Å². The number of benzene rings is 1. The molecule has 0 radical (unpaired) electrons. The van der Waals surface area contributed by atoms with Crippen LogP contribution in [-0.4, -0.2) is 33.5 Å². The lowest BCUT2D eigenvalue weighted by Crippen LogP contribution is -2.46. The molecule has 1 saturated carbocycles. The van der Waals surface area contributed by atoms with Crippen LogP contribution < -0.4 is 15.8 Å². The summed E-state index contributed by atoms with van der Waals surface area (Å²) in [5.74, 6) is 0.142. The van der Waals surface area contributed by atoms with Gasteiger partial charge in [-0.2, -0.15) is 0 Å². The monoisotopic (exact) mass is 367 g/mol. The summed E-state index contributed by atoms with van der Waals surface area (Å²) in [6.45, 7) is 4.21. The molecule has 1 atom stereocenters. The van der Waals surface area contributed by atoms with E-state index >= 15 is 0 Å². The van der Waals surface area contributed by atoms with Crippen LogP contribution in [0.3, 0.4) is 0 Å². The Morgan fingerprint density at radius 3 is 2.56 bits per heavy atom. The minimum absolute atomic E-state index is 0.0683. The Kier molecular flexibility index (Phi) is 6.98. The summed E-state index contributed by atoms with van der Waals surface area (Å²) < 4.78 is 26.8. The number of hydrogen-bond donors (Lipinski definition) is 3. The maximum Gasteiger partial charge on any atom is 0.251 e. The van der Waals surface area contributed by atoms with Gasteiger partial charge in [0.15, 0.2) is 0 Å². The van der Waals surface area contributed by atoms with Crippen molar-refractivity contribution in [3.05, 3.63) is 29.3 Å². The molecular formula is C18H29N3O3S. The minimum atomic E-state index is -3.59. The molecule has 0 aromatic heterocycles. The fourth-order valence-electron chi connectivity index (χ4n) is 3.44. The van der Waals surface area contributed by atoms with Crippen LogP contribution in [0.5, 0.6) is 0 Å². The summed E-state index contributed by atoms with van der Waals surface area (Å²) >= 11 is 0. The summed E-state index contributed by atoms with van der Waals surface area (Å²) in [5, 5.41) is 3.03. The number of carbonyl (C=O) groups is 1. The number of aryl methyl sites for hydroxylation is 1. The van der Waals surface area contributed by atoms with Crippen LogP contribution in [-0.2, 0) is 10.0 Å². The van der Waals surface area contributed by atoms with Gasteiger partial charge in [0.2, 0.25) is 10.0 Å². The average Bonchev–Trinajstić information content (AvgIpc) is 2.60. The molecule has 25 heavy (non-hydrogen) atoms. The molecule has 0 saturated heterocycles. The molecule has 1 aromatic carbocycles. The van der Waals surface area contributed by atoms with E-state index in [1.165, 1.54) is 31.4 Å². The Morgan fingerprint density at radius 2 is 1.96 bits per heavy atom. The molecule has 6 nitrogen and oxygen atoms in total. The van der Waals surface area contributed by atoms with Crippen LogP contribution in [0.1, 0.15) is 54.9 Å². The second kappa shape index (κ2) is 8.78. The zero-order chi connectivity index (χ0) is 18.4. The zero-order valence-electron chi connectivity index (χ0n) is 15.0. The van der Waals surface area contributed by atoms with Gasteiger partial charge in [-0.25, -0.2) is 13.1 Å². The largest absolute Gasteiger partial charge is 0.348 e. The zero-order valence-corrected chi connectivity index (χ0v) is 15.9. The third-order valence-electron chi connectivity index (χ3n) is 4.89. The molecule has 1 aromatic rings. The van der Waals surface area contributed by atoms with Gasteiger partial charge in [-0.1, -0.05) is 32.3 Å². The lowest BCUT2D eigenvalue weighted by molar-refractivity contribution is 0.0914. The van der Waals surface area contributed by atoms with E-state index in [-0.39, 0.29) is 16.8 Å². The molecule has 0 aliphatic heterocycles. The van der Waals surface area contributed by atoms with Crippen LogP contribution in [0.4, 0.5) is 0 Å².